The third-order valence-electron chi connectivity index (χ3n) is 2.96. The van der Waals surface area contributed by atoms with E-state index in [-0.39, 0.29) is 17.9 Å². The summed E-state index contributed by atoms with van der Waals surface area (Å²) in [4.78, 5) is 28.1. The third-order valence-corrected chi connectivity index (χ3v) is 3.82. The highest BCUT2D eigenvalue weighted by molar-refractivity contribution is 7.09. The van der Waals surface area contributed by atoms with Crippen LogP contribution in [0.15, 0.2) is 17.5 Å². The zero-order valence-electron chi connectivity index (χ0n) is 10.0. The lowest BCUT2D eigenvalue weighted by Crippen LogP contribution is -2.43. The van der Waals surface area contributed by atoms with E-state index >= 15 is 0 Å². The Morgan fingerprint density at radius 3 is 2.94 bits per heavy atom. The second-order valence-corrected chi connectivity index (χ2v) is 5.42. The van der Waals surface area contributed by atoms with Gasteiger partial charge in [-0.15, -0.1) is 11.3 Å². The predicted octanol–water partition coefficient (Wildman–Crippen LogP) is 1.33. The topological polar surface area (TPSA) is 40.6 Å². The van der Waals surface area contributed by atoms with Gasteiger partial charge in [-0.1, -0.05) is 6.07 Å². The molecule has 1 saturated heterocycles. The molecule has 0 aliphatic carbocycles. The zero-order chi connectivity index (χ0) is 12.4. The van der Waals surface area contributed by atoms with Crippen molar-refractivity contribution in [1.29, 1.82) is 0 Å². The molecule has 0 aromatic carbocycles. The lowest BCUT2D eigenvalue weighted by molar-refractivity contribution is -0.140. The van der Waals surface area contributed by atoms with Crippen LogP contribution < -0.4 is 0 Å². The van der Waals surface area contributed by atoms with Gasteiger partial charge in [0.15, 0.2) is 0 Å². The molecule has 2 heterocycles. The zero-order valence-corrected chi connectivity index (χ0v) is 10.9. The molecule has 2 rings (SSSR count). The number of hydrogen-bond acceptors (Lipinski definition) is 3. The van der Waals surface area contributed by atoms with Crippen molar-refractivity contribution in [2.75, 3.05) is 14.1 Å². The van der Waals surface area contributed by atoms with Crippen molar-refractivity contribution in [3.05, 3.63) is 22.4 Å². The summed E-state index contributed by atoms with van der Waals surface area (Å²) in [5.41, 5.74) is 0. The van der Waals surface area contributed by atoms with Crippen LogP contribution in [0, 0.1) is 0 Å². The number of amides is 2. The van der Waals surface area contributed by atoms with Gasteiger partial charge in [-0.25, -0.2) is 0 Å². The molecule has 1 fully saturated rings. The van der Waals surface area contributed by atoms with E-state index in [1.54, 1.807) is 35.2 Å². The normalized spacial score (nSPS) is 19.8. The summed E-state index contributed by atoms with van der Waals surface area (Å²) in [6, 6.07) is 3.68. The first-order chi connectivity index (χ1) is 8.09. The monoisotopic (exact) mass is 252 g/mol. The van der Waals surface area contributed by atoms with Gasteiger partial charge in [-0.05, 0) is 17.9 Å². The van der Waals surface area contributed by atoms with Crippen molar-refractivity contribution in [3.63, 3.8) is 0 Å². The first kappa shape index (κ1) is 12.1. The number of thiophene rings is 1. The lowest BCUT2D eigenvalue weighted by atomic mass is 10.2. The van der Waals surface area contributed by atoms with Crippen LogP contribution in [0.1, 0.15) is 17.7 Å². The number of likely N-dealkylation sites (tertiary alicyclic amines) is 1. The maximum absolute atomic E-state index is 12.0. The molecule has 2 amide bonds. The fourth-order valence-corrected chi connectivity index (χ4v) is 2.76. The van der Waals surface area contributed by atoms with Crippen LogP contribution >= 0.6 is 11.3 Å². The molecule has 1 aromatic heterocycles. The van der Waals surface area contributed by atoms with Crippen molar-refractivity contribution in [3.8, 4) is 0 Å². The molecule has 5 heteroatoms. The Bertz CT molecular complexity index is 414. The molecule has 0 N–H and O–H groups in total. The Kier molecular flexibility index (Phi) is 3.47. The minimum atomic E-state index is -0.278. The van der Waals surface area contributed by atoms with E-state index in [9.17, 15) is 9.59 Å². The van der Waals surface area contributed by atoms with E-state index in [1.165, 1.54) is 0 Å². The highest BCUT2D eigenvalue weighted by Gasteiger charge is 2.36. The summed E-state index contributed by atoms with van der Waals surface area (Å²) in [5, 5.41) is 1.98. The largest absolute Gasteiger partial charge is 0.347 e. The average molecular weight is 252 g/mol. The number of nitrogens with zero attached hydrogens (tertiary/aromatic N) is 2. The maximum Gasteiger partial charge on any atom is 0.244 e. The van der Waals surface area contributed by atoms with E-state index in [1.807, 2.05) is 17.5 Å². The molecule has 4 nitrogen and oxygen atoms in total. The summed E-state index contributed by atoms with van der Waals surface area (Å²) in [5.74, 6) is 0.103. The van der Waals surface area contributed by atoms with Crippen molar-refractivity contribution >= 4 is 23.2 Å². The Labute approximate surface area is 105 Å². The molecule has 1 aromatic rings. The van der Waals surface area contributed by atoms with Crippen LogP contribution in [0.2, 0.25) is 0 Å². The summed E-state index contributed by atoms with van der Waals surface area (Å²) in [6.45, 7) is 0.556. The molecule has 0 spiro atoms. The van der Waals surface area contributed by atoms with Gasteiger partial charge >= 0.3 is 0 Å². The van der Waals surface area contributed by atoms with E-state index in [0.717, 1.165) is 4.88 Å². The lowest BCUT2D eigenvalue weighted by Gasteiger charge is -2.25. The van der Waals surface area contributed by atoms with E-state index in [4.69, 9.17) is 0 Å². The van der Waals surface area contributed by atoms with E-state index in [2.05, 4.69) is 0 Å². The van der Waals surface area contributed by atoms with Crippen LogP contribution in [0.25, 0.3) is 0 Å². The van der Waals surface area contributed by atoms with Crippen molar-refractivity contribution in [2.24, 2.45) is 0 Å². The molecule has 0 saturated carbocycles. The molecule has 1 atom stereocenters. The number of carbonyl (C=O) groups is 2. The number of carbonyl (C=O) groups excluding carboxylic acids is 2. The third kappa shape index (κ3) is 2.49. The summed E-state index contributed by atoms with van der Waals surface area (Å²) in [6.07, 6.45) is 1.12. The average Bonchev–Trinajstić information content (AvgIpc) is 2.90. The Morgan fingerprint density at radius 2 is 2.35 bits per heavy atom. The van der Waals surface area contributed by atoms with Crippen molar-refractivity contribution < 1.29 is 9.59 Å². The van der Waals surface area contributed by atoms with Gasteiger partial charge in [-0.3, -0.25) is 9.59 Å². The molecule has 1 aliphatic rings. The Morgan fingerprint density at radius 1 is 1.59 bits per heavy atom. The highest BCUT2D eigenvalue weighted by atomic mass is 32.1. The Balaban J connectivity index is 2.12. The first-order valence-corrected chi connectivity index (χ1v) is 6.50. The molecular formula is C12H16N2O2S. The quantitative estimate of drug-likeness (QED) is 0.814. The molecule has 0 radical (unpaired) electrons. The molecule has 0 unspecified atom stereocenters. The van der Waals surface area contributed by atoms with Crippen LogP contribution in [0.3, 0.4) is 0 Å². The van der Waals surface area contributed by atoms with Crippen molar-refractivity contribution in [1.82, 2.24) is 9.80 Å². The van der Waals surface area contributed by atoms with Gasteiger partial charge in [0, 0.05) is 25.4 Å². The summed E-state index contributed by atoms with van der Waals surface area (Å²) >= 11 is 1.62. The van der Waals surface area contributed by atoms with Crippen LogP contribution in [-0.4, -0.2) is 41.8 Å². The van der Waals surface area contributed by atoms with Gasteiger partial charge in [-0.2, -0.15) is 0 Å². The summed E-state index contributed by atoms with van der Waals surface area (Å²) < 4.78 is 0. The fraction of sp³-hybridized carbons (Fsp3) is 0.500. The second kappa shape index (κ2) is 4.87. The first-order valence-electron chi connectivity index (χ1n) is 5.62. The molecule has 92 valence electrons. The Hall–Kier alpha value is -1.36. The van der Waals surface area contributed by atoms with Gasteiger partial charge < -0.3 is 9.80 Å². The molecule has 0 bridgehead atoms. The standard InChI is InChI=1S/C12H16N2O2S/c1-13(2)12(16)10-5-6-11(15)14(10)8-9-4-3-7-17-9/h3-4,7,10H,5-6,8H2,1-2H3/t10-/m0/s1. The molecule has 1 aliphatic heterocycles. The molecule has 17 heavy (non-hydrogen) atoms. The van der Waals surface area contributed by atoms with Gasteiger partial charge in [0.2, 0.25) is 11.8 Å². The maximum atomic E-state index is 12.0. The van der Waals surface area contributed by atoms with Crippen LogP contribution in [0.5, 0.6) is 0 Å². The minimum Gasteiger partial charge on any atom is -0.347 e. The molecular weight excluding hydrogens is 236 g/mol. The highest BCUT2D eigenvalue weighted by Crippen LogP contribution is 2.24. The van der Waals surface area contributed by atoms with Gasteiger partial charge in [0.05, 0.1) is 6.54 Å². The smallest absolute Gasteiger partial charge is 0.244 e. The number of rotatable bonds is 3. The SMILES string of the molecule is CN(C)C(=O)[C@@H]1CCC(=O)N1Cc1cccs1. The number of likely N-dealkylation sites (N-methyl/N-ethyl adjacent to an activating group) is 1. The van der Waals surface area contributed by atoms with Gasteiger partial charge in [0.1, 0.15) is 6.04 Å². The van der Waals surface area contributed by atoms with E-state index in [0.29, 0.717) is 19.4 Å². The number of hydrogen-bond donors (Lipinski definition) is 0. The van der Waals surface area contributed by atoms with Crippen LogP contribution in [-0.2, 0) is 16.1 Å². The summed E-state index contributed by atoms with van der Waals surface area (Å²) in [7, 11) is 3.46. The predicted molar refractivity (Wildman–Crippen MR) is 66.6 cm³/mol. The second-order valence-electron chi connectivity index (χ2n) is 4.39. The van der Waals surface area contributed by atoms with Gasteiger partial charge in [0.25, 0.3) is 0 Å². The minimum absolute atomic E-state index is 0.0207. The van der Waals surface area contributed by atoms with E-state index < -0.39 is 0 Å². The van der Waals surface area contributed by atoms with Crippen LogP contribution in [0.4, 0.5) is 0 Å². The fourth-order valence-electron chi connectivity index (χ4n) is 2.06. The van der Waals surface area contributed by atoms with Crippen molar-refractivity contribution in [2.45, 2.75) is 25.4 Å².